The Morgan fingerprint density at radius 1 is 0.839 bits per heavy atom. The van der Waals surface area contributed by atoms with Gasteiger partial charge in [0.1, 0.15) is 0 Å². The van der Waals surface area contributed by atoms with Crippen LogP contribution in [0.25, 0.3) is 0 Å². The second-order valence-corrected chi connectivity index (χ2v) is 8.63. The van der Waals surface area contributed by atoms with E-state index in [2.05, 4.69) is 10.6 Å². The fourth-order valence-corrected chi connectivity index (χ4v) is 4.02. The van der Waals surface area contributed by atoms with Gasteiger partial charge >= 0.3 is 0 Å². The maximum absolute atomic E-state index is 12.6. The number of hydrogen-bond donors (Lipinski definition) is 2. The van der Waals surface area contributed by atoms with Gasteiger partial charge in [-0.2, -0.15) is 0 Å². The van der Waals surface area contributed by atoms with Crippen LogP contribution in [-0.4, -0.2) is 24.1 Å². The number of benzene rings is 3. The lowest BCUT2D eigenvalue weighted by atomic mass is 10.1. The van der Waals surface area contributed by atoms with E-state index in [-0.39, 0.29) is 17.6 Å². The third-order valence-electron chi connectivity index (χ3n) is 4.47. The molecule has 0 bridgehead atoms. The second-order valence-electron chi connectivity index (χ2n) is 6.83. The summed E-state index contributed by atoms with van der Waals surface area (Å²) in [7, 11) is 0. The summed E-state index contributed by atoms with van der Waals surface area (Å²) < 4.78 is 0. The largest absolute Gasteiger partial charge is 0.352 e. The zero-order valence-corrected chi connectivity index (χ0v) is 19.1. The molecule has 4 nitrogen and oxygen atoms in total. The number of hydrogen-bond acceptors (Lipinski definition) is 3. The van der Waals surface area contributed by atoms with Crippen molar-refractivity contribution in [2.24, 2.45) is 0 Å². The van der Waals surface area contributed by atoms with Crippen LogP contribution in [0, 0.1) is 0 Å². The predicted octanol–water partition coefficient (Wildman–Crippen LogP) is 5.84. The molecule has 2 N–H and O–H groups in total. The van der Waals surface area contributed by atoms with Gasteiger partial charge in [0.2, 0.25) is 5.91 Å². The average Bonchev–Trinajstić information content (AvgIpc) is 2.77. The molecule has 3 aromatic rings. The van der Waals surface area contributed by atoms with Gasteiger partial charge in [-0.1, -0.05) is 71.7 Å². The molecule has 31 heavy (non-hydrogen) atoms. The van der Waals surface area contributed by atoms with Crippen LogP contribution >= 0.6 is 35.0 Å². The smallest absolute Gasteiger partial charge is 0.253 e. The highest BCUT2D eigenvalue weighted by atomic mass is 35.5. The summed E-state index contributed by atoms with van der Waals surface area (Å²) in [5.74, 6) is 0.501. The molecule has 0 aliphatic rings. The van der Waals surface area contributed by atoms with Crippen LogP contribution in [0.5, 0.6) is 0 Å². The Kier molecular flexibility index (Phi) is 8.83. The summed E-state index contributed by atoms with van der Waals surface area (Å²) in [5.41, 5.74) is 3.09. The van der Waals surface area contributed by atoms with E-state index in [1.807, 2.05) is 36.4 Å². The van der Waals surface area contributed by atoms with Crippen molar-refractivity contribution < 1.29 is 9.59 Å². The molecule has 7 heteroatoms. The number of para-hydroxylation sites is 1. The van der Waals surface area contributed by atoms with E-state index in [0.29, 0.717) is 33.6 Å². The molecule has 0 unspecified atom stereocenters. The number of amides is 2. The molecule has 0 aliphatic heterocycles. The Hall–Kier alpha value is -2.47. The third-order valence-corrected chi connectivity index (χ3v) is 6.22. The van der Waals surface area contributed by atoms with E-state index in [1.54, 1.807) is 36.4 Å². The molecule has 0 saturated heterocycles. The van der Waals surface area contributed by atoms with Crippen LogP contribution in [-0.2, 0) is 17.0 Å². The zero-order chi connectivity index (χ0) is 22.1. The number of carbonyl (C=O) groups excluding carboxylic acids is 2. The summed E-state index contributed by atoms with van der Waals surface area (Å²) in [6.45, 7) is 0.518. The number of rotatable bonds is 9. The molecule has 0 aromatic heterocycles. The maximum atomic E-state index is 12.6. The van der Waals surface area contributed by atoms with Crippen LogP contribution in [0.3, 0.4) is 0 Å². The topological polar surface area (TPSA) is 58.2 Å². The number of halogens is 2. The average molecular weight is 473 g/mol. The first-order valence-electron chi connectivity index (χ1n) is 9.75. The lowest BCUT2D eigenvalue weighted by Crippen LogP contribution is -2.27. The highest BCUT2D eigenvalue weighted by Crippen LogP contribution is 2.25. The van der Waals surface area contributed by atoms with Crippen LogP contribution in [0.4, 0.5) is 5.69 Å². The van der Waals surface area contributed by atoms with E-state index in [9.17, 15) is 9.59 Å². The Bertz CT molecular complexity index is 1040. The molecule has 0 heterocycles. The number of thioether (sulfide) groups is 1. The molecular weight excluding hydrogens is 451 g/mol. The molecule has 3 aromatic carbocycles. The summed E-state index contributed by atoms with van der Waals surface area (Å²) in [6.07, 6.45) is 0.743. The molecule has 0 radical (unpaired) electrons. The third kappa shape index (κ3) is 7.31. The first-order chi connectivity index (χ1) is 15.0. The van der Waals surface area contributed by atoms with E-state index >= 15 is 0 Å². The van der Waals surface area contributed by atoms with E-state index in [0.717, 1.165) is 17.5 Å². The van der Waals surface area contributed by atoms with Gasteiger partial charge in [0, 0.05) is 12.3 Å². The molecule has 2 amide bonds. The Morgan fingerprint density at radius 3 is 2.35 bits per heavy atom. The van der Waals surface area contributed by atoms with Gasteiger partial charge in [0.05, 0.1) is 27.0 Å². The van der Waals surface area contributed by atoms with Crippen molar-refractivity contribution in [3.05, 3.63) is 99.5 Å². The van der Waals surface area contributed by atoms with Gasteiger partial charge in [-0.15, -0.1) is 11.8 Å². The lowest BCUT2D eigenvalue weighted by molar-refractivity contribution is -0.113. The quantitative estimate of drug-likeness (QED) is 0.411. The SMILES string of the molecule is O=C(CSCc1ccc(Cl)c(Cl)c1)Nc1ccccc1C(=O)NCCc1ccccc1. The molecular formula is C24H22Cl2N2O2S. The van der Waals surface area contributed by atoms with Gasteiger partial charge in [-0.05, 0) is 41.8 Å². The number of carbonyl (C=O) groups is 2. The molecule has 0 aliphatic carbocycles. The highest BCUT2D eigenvalue weighted by molar-refractivity contribution is 7.99. The van der Waals surface area contributed by atoms with Crippen molar-refractivity contribution in [1.29, 1.82) is 0 Å². The molecule has 160 valence electrons. The molecule has 0 atom stereocenters. The fraction of sp³-hybridized carbons (Fsp3) is 0.167. The van der Waals surface area contributed by atoms with Crippen LogP contribution in [0.1, 0.15) is 21.5 Å². The first-order valence-corrected chi connectivity index (χ1v) is 11.7. The summed E-state index contributed by atoms with van der Waals surface area (Å²) >= 11 is 13.4. The van der Waals surface area contributed by atoms with Crippen molar-refractivity contribution in [2.45, 2.75) is 12.2 Å². The van der Waals surface area contributed by atoms with E-state index < -0.39 is 0 Å². The van der Waals surface area contributed by atoms with Crippen molar-refractivity contribution >= 4 is 52.5 Å². The molecule has 0 spiro atoms. The number of nitrogens with one attached hydrogen (secondary N) is 2. The standard InChI is InChI=1S/C24H22Cl2N2O2S/c25-20-11-10-18(14-21(20)26)15-31-16-23(29)28-22-9-5-4-8-19(22)24(30)27-13-12-17-6-2-1-3-7-17/h1-11,14H,12-13,15-16H2,(H,27,30)(H,28,29). The summed E-state index contributed by atoms with van der Waals surface area (Å²) in [5, 5.41) is 6.76. The Labute approximate surface area is 196 Å². The van der Waals surface area contributed by atoms with Crippen molar-refractivity contribution in [3.63, 3.8) is 0 Å². The minimum absolute atomic E-state index is 0.172. The molecule has 0 saturated carbocycles. The minimum atomic E-state index is -0.213. The van der Waals surface area contributed by atoms with Gasteiger partial charge in [0.15, 0.2) is 0 Å². The number of anilines is 1. The first kappa shape index (κ1) is 23.2. The van der Waals surface area contributed by atoms with Crippen molar-refractivity contribution in [3.8, 4) is 0 Å². The molecule has 0 fully saturated rings. The van der Waals surface area contributed by atoms with Crippen molar-refractivity contribution in [2.75, 3.05) is 17.6 Å². The molecule has 3 rings (SSSR count). The summed E-state index contributed by atoms with van der Waals surface area (Å²) in [6, 6.07) is 22.4. The Balaban J connectivity index is 1.50. The summed E-state index contributed by atoms with van der Waals surface area (Å²) in [4.78, 5) is 25.0. The van der Waals surface area contributed by atoms with Gasteiger partial charge in [-0.25, -0.2) is 0 Å². The lowest BCUT2D eigenvalue weighted by Gasteiger charge is -2.11. The van der Waals surface area contributed by atoms with Gasteiger partial charge in [0.25, 0.3) is 5.91 Å². The van der Waals surface area contributed by atoms with Crippen LogP contribution in [0.2, 0.25) is 10.0 Å². The van der Waals surface area contributed by atoms with Crippen molar-refractivity contribution in [1.82, 2.24) is 5.32 Å². The monoisotopic (exact) mass is 472 g/mol. The fourth-order valence-electron chi connectivity index (χ4n) is 2.93. The second kappa shape index (κ2) is 11.8. The zero-order valence-electron chi connectivity index (χ0n) is 16.7. The van der Waals surface area contributed by atoms with E-state index in [4.69, 9.17) is 23.2 Å². The predicted molar refractivity (Wildman–Crippen MR) is 130 cm³/mol. The van der Waals surface area contributed by atoms with Crippen LogP contribution < -0.4 is 10.6 Å². The van der Waals surface area contributed by atoms with Gasteiger partial charge in [-0.3, -0.25) is 9.59 Å². The normalized spacial score (nSPS) is 10.5. The highest BCUT2D eigenvalue weighted by Gasteiger charge is 2.13. The maximum Gasteiger partial charge on any atom is 0.253 e. The minimum Gasteiger partial charge on any atom is -0.352 e. The van der Waals surface area contributed by atoms with E-state index in [1.165, 1.54) is 11.8 Å². The van der Waals surface area contributed by atoms with Crippen LogP contribution in [0.15, 0.2) is 72.8 Å². The Morgan fingerprint density at radius 2 is 1.58 bits per heavy atom. The van der Waals surface area contributed by atoms with Gasteiger partial charge < -0.3 is 10.6 Å².